The lowest BCUT2D eigenvalue weighted by molar-refractivity contribution is -0.135. The number of carboxylic acid groups (broad SMARTS) is 1. The fourth-order valence-electron chi connectivity index (χ4n) is 2.42. The lowest BCUT2D eigenvalue weighted by atomic mass is 10.2. The second-order valence-electron chi connectivity index (χ2n) is 5.80. The second kappa shape index (κ2) is 9.14. The molecule has 0 aliphatic carbocycles. The van der Waals surface area contributed by atoms with Gasteiger partial charge in [0.1, 0.15) is 19.8 Å². The Morgan fingerprint density at radius 2 is 1.71 bits per heavy atom. The smallest absolute Gasteiger partial charge is 0.322 e. The van der Waals surface area contributed by atoms with Crippen LogP contribution >= 0.6 is 11.8 Å². The van der Waals surface area contributed by atoms with Gasteiger partial charge in [0.15, 0.2) is 11.5 Å². The lowest BCUT2D eigenvalue weighted by Crippen LogP contribution is -2.29. The van der Waals surface area contributed by atoms with E-state index in [2.05, 4.69) is 10.6 Å². The Balaban J connectivity index is 1.49. The number of benzene rings is 2. The van der Waals surface area contributed by atoms with E-state index >= 15 is 0 Å². The van der Waals surface area contributed by atoms with Crippen LogP contribution in [0.4, 0.5) is 5.69 Å². The Labute approximate surface area is 165 Å². The summed E-state index contributed by atoms with van der Waals surface area (Å²) in [7, 11) is 0. The van der Waals surface area contributed by atoms with Crippen molar-refractivity contribution in [2.75, 3.05) is 30.8 Å². The van der Waals surface area contributed by atoms with Gasteiger partial charge in [-0.25, -0.2) is 0 Å². The third-order valence-corrected chi connectivity index (χ3v) is 4.71. The van der Waals surface area contributed by atoms with Crippen molar-refractivity contribution in [3.8, 4) is 11.5 Å². The molecule has 3 rings (SSSR count). The highest BCUT2D eigenvalue weighted by molar-refractivity contribution is 8.00. The molecule has 1 heterocycles. The third-order valence-electron chi connectivity index (χ3n) is 3.71. The van der Waals surface area contributed by atoms with Crippen LogP contribution in [0, 0.1) is 0 Å². The Morgan fingerprint density at radius 1 is 1.00 bits per heavy atom. The van der Waals surface area contributed by atoms with Crippen LogP contribution in [-0.4, -0.2) is 48.4 Å². The van der Waals surface area contributed by atoms with Gasteiger partial charge >= 0.3 is 5.97 Å². The topological polar surface area (TPSA) is 114 Å². The lowest BCUT2D eigenvalue weighted by Gasteiger charge is -2.18. The van der Waals surface area contributed by atoms with E-state index in [9.17, 15) is 14.4 Å². The average molecular weight is 402 g/mol. The molecule has 28 heavy (non-hydrogen) atoms. The zero-order valence-corrected chi connectivity index (χ0v) is 15.6. The Kier molecular flexibility index (Phi) is 6.38. The minimum atomic E-state index is -1.12. The summed E-state index contributed by atoms with van der Waals surface area (Å²) < 4.78 is 11.0. The van der Waals surface area contributed by atoms with Gasteiger partial charge in [-0.1, -0.05) is 0 Å². The van der Waals surface area contributed by atoms with Gasteiger partial charge in [0, 0.05) is 16.1 Å². The van der Waals surface area contributed by atoms with E-state index in [1.54, 1.807) is 12.1 Å². The fraction of sp³-hybridized carbons (Fsp3) is 0.211. The molecule has 3 N–H and O–H groups in total. The largest absolute Gasteiger partial charge is 0.486 e. The van der Waals surface area contributed by atoms with Crippen molar-refractivity contribution in [1.82, 2.24) is 5.32 Å². The molecule has 0 aromatic heterocycles. The molecule has 0 radical (unpaired) electrons. The number of ether oxygens (including phenoxy) is 2. The highest BCUT2D eigenvalue weighted by Gasteiger charge is 2.13. The summed E-state index contributed by atoms with van der Waals surface area (Å²) in [6.45, 7) is 0.586. The van der Waals surface area contributed by atoms with Gasteiger partial charge in [-0.2, -0.15) is 0 Å². The van der Waals surface area contributed by atoms with E-state index in [0.29, 0.717) is 36.0 Å². The number of hydrogen-bond acceptors (Lipinski definition) is 6. The maximum atomic E-state index is 12.1. The van der Waals surface area contributed by atoms with Gasteiger partial charge in [-0.05, 0) is 42.5 Å². The first-order valence-electron chi connectivity index (χ1n) is 8.43. The van der Waals surface area contributed by atoms with E-state index in [0.717, 1.165) is 4.90 Å². The maximum Gasteiger partial charge on any atom is 0.322 e. The van der Waals surface area contributed by atoms with E-state index in [4.69, 9.17) is 14.6 Å². The summed E-state index contributed by atoms with van der Waals surface area (Å²) in [5.41, 5.74) is 0.854. The van der Waals surface area contributed by atoms with Gasteiger partial charge < -0.3 is 25.2 Å². The molecule has 2 aromatic rings. The zero-order chi connectivity index (χ0) is 19.9. The first-order chi connectivity index (χ1) is 13.5. The summed E-state index contributed by atoms with van der Waals surface area (Å²) in [6.07, 6.45) is 0. The fourth-order valence-corrected chi connectivity index (χ4v) is 3.15. The average Bonchev–Trinajstić information content (AvgIpc) is 2.71. The molecule has 0 saturated heterocycles. The summed E-state index contributed by atoms with van der Waals surface area (Å²) in [5, 5.41) is 13.6. The molecule has 0 unspecified atom stereocenters. The number of nitrogens with one attached hydrogen (secondary N) is 2. The van der Waals surface area contributed by atoms with Gasteiger partial charge in [0.25, 0.3) is 5.91 Å². The molecular weight excluding hydrogens is 384 g/mol. The van der Waals surface area contributed by atoms with Crippen molar-refractivity contribution in [3.05, 3.63) is 48.0 Å². The molecule has 0 fully saturated rings. The summed E-state index contributed by atoms with van der Waals surface area (Å²) >= 11 is 1.37. The number of thioether (sulfide) groups is 1. The summed E-state index contributed by atoms with van der Waals surface area (Å²) in [5.74, 6) is -0.216. The molecule has 9 heteroatoms. The number of hydrogen-bond donors (Lipinski definition) is 3. The minimum absolute atomic E-state index is 0.192. The van der Waals surface area contributed by atoms with Crippen LogP contribution in [-0.2, 0) is 9.59 Å². The van der Waals surface area contributed by atoms with Crippen molar-refractivity contribution in [3.63, 3.8) is 0 Å². The first-order valence-corrected chi connectivity index (χ1v) is 9.42. The van der Waals surface area contributed by atoms with E-state index in [1.807, 2.05) is 18.2 Å². The van der Waals surface area contributed by atoms with Crippen molar-refractivity contribution in [1.29, 1.82) is 0 Å². The van der Waals surface area contributed by atoms with Crippen LogP contribution in [0.15, 0.2) is 47.4 Å². The minimum Gasteiger partial charge on any atom is -0.486 e. The number of rotatable bonds is 7. The number of amides is 2. The van der Waals surface area contributed by atoms with E-state index in [1.165, 1.54) is 23.9 Å². The summed E-state index contributed by atoms with van der Waals surface area (Å²) in [4.78, 5) is 35.3. The van der Waals surface area contributed by atoms with Gasteiger partial charge in [-0.15, -0.1) is 11.8 Å². The SMILES string of the molecule is O=C(O)CNC(=O)c1ccc(NC(=O)CSc2ccc3c(c2)OCCO3)cc1. The number of carbonyl (C=O) groups is 3. The van der Waals surface area contributed by atoms with Crippen LogP contribution < -0.4 is 20.1 Å². The third kappa shape index (κ3) is 5.40. The summed E-state index contributed by atoms with van der Waals surface area (Å²) in [6, 6.07) is 11.7. The normalized spacial score (nSPS) is 12.1. The van der Waals surface area contributed by atoms with Crippen LogP contribution in [0.25, 0.3) is 0 Å². The number of aliphatic carboxylic acids is 1. The molecule has 0 atom stereocenters. The second-order valence-corrected chi connectivity index (χ2v) is 6.84. The highest BCUT2D eigenvalue weighted by atomic mass is 32.2. The molecule has 1 aliphatic heterocycles. The monoisotopic (exact) mass is 402 g/mol. The molecule has 0 saturated carbocycles. The standard InChI is InChI=1S/C19H18N2O6S/c22-17(11-28-14-5-6-15-16(9-14)27-8-7-26-15)21-13-3-1-12(2-4-13)19(25)20-10-18(23)24/h1-6,9H,7-8,10-11H2,(H,20,25)(H,21,22)(H,23,24). The molecule has 8 nitrogen and oxygen atoms in total. The number of anilines is 1. The first kappa shape index (κ1) is 19.6. The predicted molar refractivity (Wildman–Crippen MR) is 103 cm³/mol. The van der Waals surface area contributed by atoms with Crippen molar-refractivity contribution >= 4 is 35.2 Å². The van der Waals surface area contributed by atoms with Gasteiger partial charge in [-0.3, -0.25) is 14.4 Å². The Morgan fingerprint density at radius 3 is 2.43 bits per heavy atom. The predicted octanol–water partition coefficient (Wildman–Crippen LogP) is 2.00. The van der Waals surface area contributed by atoms with Crippen LogP contribution in [0.3, 0.4) is 0 Å². The number of fused-ring (bicyclic) bond motifs is 1. The Bertz CT molecular complexity index is 884. The zero-order valence-electron chi connectivity index (χ0n) is 14.8. The van der Waals surface area contributed by atoms with Gasteiger partial charge in [0.05, 0.1) is 5.75 Å². The Hall–Kier alpha value is -3.20. The van der Waals surface area contributed by atoms with E-state index in [-0.39, 0.29) is 11.7 Å². The maximum absolute atomic E-state index is 12.1. The van der Waals surface area contributed by atoms with Crippen LogP contribution in [0.5, 0.6) is 11.5 Å². The quantitative estimate of drug-likeness (QED) is 0.607. The van der Waals surface area contributed by atoms with Crippen molar-refractivity contribution < 1.29 is 29.0 Å². The number of carbonyl (C=O) groups excluding carboxylic acids is 2. The molecule has 2 amide bonds. The van der Waals surface area contributed by atoms with Crippen LogP contribution in [0.1, 0.15) is 10.4 Å². The van der Waals surface area contributed by atoms with Crippen LogP contribution in [0.2, 0.25) is 0 Å². The molecule has 1 aliphatic rings. The van der Waals surface area contributed by atoms with Gasteiger partial charge in [0.2, 0.25) is 5.91 Å². The highest BCUT2D eigenvalue weighted by Crippen LogP contribution is 2.34. The van der Waals surface area contributed by atoms with E-state index < -0.39 is 18.4 Å². The van der Waals surface area contributed by atoms with Crippen molar-refractivity contribution in [2.24, 2.45) is 0 Å². The number of carboxylic acids is 1. The molecule has 0 bridgehead atoms. The molecular formula is C19H18N2O6S. The molecule has 2 aromatic carbocycles. The van der Waals surface area contributed by atoms with Crippen molar-refractivity contribution in [2.45, 2.75) is 4.90 Å². The molecule has 0 spiro atoms. The molecule has 146 valence electrons.